The summed E-state index contributed by atoms with van der Waals surface area (Å²) >= 11 is 0. The number of allylic oxidation sites excluding steroid dienone is 3. The quantitative estimate of drug-likeness (QED) is 0.564. The first kappa shape index (κ1) is 21.1. The summed E-state index contributed by atoms with van der Waals surface area (Å²) in [6.45, 7) is 5.24. The first-order valence-corrected chi connectivity index (χ1v) is 9.15. The summed E-state index contributed by atoms with van der Waals surface area (Å²) in [6.07, 6.45) is 11.5. The Balaban J connectivity index is 2.17. The number of aliphatic hydroxyl groups excluding tert-OH is 2. The normalized spacial score (nSPS) is 23.5. The number of carbonyl (C=O) groups excluding carboxylic acids is 1. The molecule has 24 heavy (non-hydrogen) atoms. The topological polar surface area (TPSA) is 77.8 Å². The lowest BCUT2D eigenvalue weighted by Gasteiger charge is -2.24. The van der Waals surface area contributed by atoms with E-state index >= 15 is 0 Å². The van der Waals surface area contributed by atoms with Crippen molar-refractivity contribution in [2.24, 2.45) is 5.92 Å². The molecule has 0 aromatic heterocycles. The molecule has 0 spiro atoms. The second kappa shape index (κ2) is 10.1. The zero-order valence-corrected chi connectivity index (χ0v) is 15.4. The lowest BCUT2D eigenvalue weighted by Crippen LogP contribution is -2.31. The summed E-state index contributed by atoms with van der Waals surface area (Å²) in [4.78, 5) is 11.7. The molecule has 3 atom stereocenters. The maximum absolute atomic E-state index is 11.7. The van der Waals surface area contributed by atoms with Gasteiger partial charge in [0.15, 0.2) is 5.78 Å². The SMILES string of the molecule is C[C@H](CCCC=CC=C1C[C@@H](O)C[C@H](O)C1)CCC(=O)C(C)(C)O. The van der Waals surface area contributed by atoms with Crippen molar-refractivity contribution in [3.63, 3.8) is 0 Å². The van der Waals surface area contributed by atoms with Crippen molar-refractivity contribution in [3.05, 3.63) is 23.8 Å². The van der Waals surface area contributed by atoms with Gasteiger partial charge in [0.2, 0.25) is 0 Å². The first-order valence-electron chi connectivity index (χ1n) is 9.15. The van der Waals surface area contributed by atoms with Gasteiger partial charge in [-0.25, -0.2) is 0 Å². The average Bonchev–Trinajstić information content (AvgIpc) is 2.46. The number of Topliss-reactive ketones (excluding diaryl/α,β-unsaturated/α-hetero) is 1. The average molecular weight is 338 g/mol. The second-order valence-corrected chi connectivity index (χ2v) is 7.76. The lowest BCUT2D eigenvalue weighted by molar-refractivity contribution is -0.134. The van der Waals surface area contributed by atoms with Gasteiger partial charge in [0.1, 0.15) is 5.60 Å². The van der Waals surface area contributed by atoms with Crippen LogP contribution in [0.1, 0.15) is 72.1 Å². The van der Waals surface area contributed by atoms with Crippen molar-refractivity contribution in [3.8, 4) is 0 Å². The smallest absolute Gasteiger partial charge is 0.163 e. The fraction of sp³-hybridized carbons (Fsp3) is 0.750. The van der Waals surface area contributed by atoms with E-state index in [9.17, 15) is 20.1 Å². The summed E-state index contributed by atoms with van der Waals surface area (Å²) in [5, 5.41) is 28.9. The summed E-state index contributed by atoms with van der Waals surface area (Å²) in [7, 11) is 0. The van der Waals surface area contributed by atoms with E-state index in [2.05, 4.69) is 13.0 Å². The van der Waals surface area contributed by atoms with Crippen LogP contribution in [0.3, 0.4) is 0 Å². The van der Waals surface area contributed by atoms with Gasteiger partial charge in [-0.15, -0.1) is 0 Å². The van der Waals surface area contributed by atoms with Gasteiger partial charge in [0.25, 0.3) is 0 Å². The summed E-state index contributed by atoms with van der Waals surface area (Å²) in [6, 6.07) is 0. The molecule has 4 nitrogen and oxygen atoms in total. The molecular formula is C20H34O4. The monoisotopic (exact) mass is 338 g/mol. The van der Waals surface area contributed by atoms with Gasteiger partial charge >= 0.3 is 0 Å². The molecule has 0 amide bonds. The van der Waals surface area contributed by atoms with E-state index in [4.69, 9.17) is 0 Å². The molecule has 1 aliphatic rings. The van der Waals surface area contributed by atoms with Crippen LogP contribution < -0.4 is 0 Å². The van der Waals surface area contributed by atoms with Gasteiger partial charge in [0, 0.05) is 6.42 Å². The number of unbranched alkanes of at least 4 members (excludes halogenated alkanes) is 1. The molecular weight excluding hydrogens is 304 g/mol. The highest BCUT2D eigenvalue weighted by Gasteiger charge is 2.23. The molecule has 0 saturated heterocycles. The molecule has 1 aliphatic carbocycles. The minimum Gasteiger partial charge on any atom is -0.393 e. The standard InChI is InChI=1S/C20H34O4/c1-15(10-11-19(23)20(2,3)24)8-6-4-5-7-9-16-12-17(21)14-18(22)13-16/h5,7,9,15,17-18,21-22,24H,4,6,8,10-14H2,1-3H3/t15-,17-,18-/m1/s1. The minimum atomic E-state index is -1.21. The third-order valence-electron chi connectivity index (χ3n) is 4.62. The van der Waals surface area contributed by atoms with Crippen LogP contribution in [0.5, 0.6) is 0 Å². The van der Waals surface area contributed by atoms with Gasteiger partial charge < -0.3 is 15.3 Å². The molecule has 138 valence electrons. The molecule has 0 heterocycles. The van der Waals surface area contributed by atoms with Crippen molar-refractivity contribution >= 4 is 5.78 Å². The predicted octanol–water partition coefficient (Wildman–Crippen LogP) is 3.30. The molecule has 3 N–H and O–H groups in total. The van der Waals surface area contributed by atoms with Crippen LogP contribution in [0.4, 0.5) is 0 Å². The van der Waals surface area contributed by atoms with Gasteiger partial charge in [0.05, 0.1) is 12.2 Å². The number of hydrogen-bond acceptors (Lipinski definition) is 4. The van der Waals surface area contributed by atoms with Gasteiger partial charge in [-0.1, -0.05) is 37.1 Å². The molecule has 0 aromatic carbocycles. The molecule has 0 aromatic rings. The Labute approximate surface area is 146 Å². The maximum Gasteiger partial charge on any atom is 0.163 e. The van der Waals surface area contributed by atoms with Crippen LogP contribution in [-0.2, 0) is 4.79 Å². The highest BCUT2D eigenvalue weighted by molar-refractivity contribution is 5.86. The van der Waals surface area contributed by atoms with Crippen LogP contribution >= 0.6 is 0 Å². The molecule has 1 rings (SSSR count). The molecule has 1 saturated carbocycles. The van der Waals surface area contributed by atoms with Crippen LogP contribution in [0, 0.1) is 5.92 Å². The Hall–Kier alpha value is -0.970. The van der Waals surface area contributed by atoms with E-state index < -0.39 is 17.8 Å². The van der Waals surface area contributed by atoms with Crippen molar-refractivity contribution in [2.45, 2.75) is 89.9 Å². The van der Waals surface area contributed by atoms with E-state index in [-0.39, 0.29) is 5.78 Å². The van der Waals surface area contributed by atoms with E-state index in [0.29, 0.717) is 31.6 Å². The minimum absolute atomic E-state index is 0.0854. The zero-order chi connectivity index (χ0) is 18.2. The number of hydrogen-bond donors (Lipinski definition) is 3. The fourth-order valence-corrected chi connectivity index (χ4v) is 3.02. The number of rotatable bonds is 9. The Morgan fingerprint density at radius 3 is 2.46 bits per heavy atom. The molecule has 4 heteroatoms. The van der Waals surface area contributed by atoms with Gasteiger partial charge in [-0.2, -0.15) is 0 Å². The molecule has 0 aliphatic heterocycles. The largest absolute Gasteiger partial charge is 0.393 e. The fourth-order valence-electron chi connectivity index (χ4n) is 3.02. The van der Waals surface area contributed by atoms with Crippen LogP contribution in [0.15, 0.2) is 23.8 Å². The maximum atomic E-state index is 11.7. The Morgan fingerprint density at radius 1 is 1.25 bits per heavy atom. The third kappa shape index (κ3) is 8.76. The van der Waals surface area contributed by atoms with Crippen molar-refractivity contribution in [1.82, 2.24) is 0 Å². The summed E-state index contributed by atoms with van der Waals surface area (Å²) < 4.78 is 0. The Kier molecular flexibility index (Phi) is 8.88. The molecule has 1 fully saturated rings. The third-order valence-corrected chi connectivity index (χ3v) is 4.62. The van der Waals surface area contributed by atoms with Crippen LogP contribution in [0.25, 0.3) is 0 Å². The Bertz CT molecular complexity index is 433. The van der Waals surface area contributed by atoms with E-state index in [1.54, 1.807) is 13.8 Å². The molecule has 0 bridgehead atoms. The van der Waals surface area contributed by atoms with Crippen LogP contribution in [-0.4, -0.2) is 38.9 Å². The summed E-state index contributed by atoms with van der Waals surface area (Å²) in [5.74, 6) is 0.393. The van der Waals surface area contributed by atoms with E-state index in [1.807, 2.05) is 12.2 Å². The number of ketones is 1. The molecule has 0 unspecified atom stereocenters. The van der Waals surface area contributed by atoms with Crippen molar-refractivity contribution in [1.29, 1.82) is 0 Å². The van der Waals surface area contributed by atoms with Gasteiger partial charge in [-0.3, -0.25) is 4.79 Å². The molecule has 0 radical (unpaired) electrons. The highest BCUT2D eigenvalue weighted by Crippen LogP contribution is 2.24. The van der Waals surface area contributed by atoms with Crippen molar-refractivity contribution in [2.75, 3.05) is 0 Å². The summed E-state index contributed by atoms with van der Waals surface area (Å²) in [5.41, 5.74) is -0.105. The lowest BCUT2D eigenvalue weighted by atomic mass is 9.90. The highest BCUT2D eigenvalue weighted by atomic mass is 16.3. The van der Waals surface area contributed by atoms with E-state index in [1.165, 1.54) is 0 Å². The number of carbonyl (C=O) groups is 1. The Morgan fingerprint density at radius 2 is 1.88 bits per heavy atom. The first-order chi connectivity index (χ1) is 11.2. The predicted molar refractivity (Wildman–Crippen MR) is 96.6 cm³/mol. The number of aliphatic hydroxyl groups is 3. The van der Waals surface area contributed by atoms with Gasteiger partial charge in [-0.05, 0) is 58.3 Å². The van der Waals surface area contributed by atoms with Crippen LogP contribution in [0.2, 0.25) is 0 Å². The second-order valence-electron chi connectivity index (χ2n) is 7.76. The van der Waals surface area contributed by atoms with E-state index in [0.717, 1.165) is 31.3 Å². The van der Waals surface area contributed by atoms with Crippen molar-refractivity contribution < 1.29 is 20.1 Å². The zero-order valence-electron chi connectivity index (χ0n) is 15.4.